The monoisotopic (exact) mass is 376 g/mol. The second-order valence-corrected chi connectivity index (χ2v) is 8.58. The number of nitrogens with zero attached hydrogens (tertiary/aromatic N) is 2. The molecule has 5 heteroatoms. The van der Waals surface area contributed by atoms with Crippen LogP contribution in [-0.4, -0.2) is 55.1 Å². The lowest BCUT2D eigenvalue weighted by Crippen LogP contribution is -2.53. The average Bonchev–Trinajstić information content (AvgIpc) is 2.82. The zero-order chi connectivity index (χ0) is 19.4. The number of hydrogen-bond donors (Lipinski definition) is 0. The van der Waals surface area contributed by atoms with Gasteiger partial charge in [-0.3, -0.25) is 9.69 Å². The Hall–Kier alpha value is -1.46. The molecule has 1 amide bonds. The van der Waals surface area contributed by atoms with E-state index in [4.69, 9.17) is 4.74 Å². The Morgan fingerprint density at radius 2 is 1.93 bits per heavy atom. The highest BCUT2D eigenvalue weighted by atomic mass is 19.1. The van der Waals surface area contributed by atoms with Gasteiger partial charge in [0, 0.05) is 39.3 Å². The molecule has 2 fully saturated rings. The maximum atomic E-state index is 13.3. The summed E-state index contributed by atoms with van der Waals surface area (Å²) in [6.45, 7) is 8.33. The molecular formula is C22H33FN2O2. The molecule has 1 aromatic rings. The van der Waals surface area contributed by atoms with Crippen molar-refractivity contribution < 1.29 is 13.9 Å². The van der Waals surface area contributed by atoms with Crippen molar-refractivity contribution in [2.24, 2.45) is 11.3 Å². The summed E-state index contributed by atoms with van der Waals surface area (Å²) in [5.74, 6) is 0.527. The minimum absolute atomic E-state index is 0.198. The van der Waals surface area contributed by atoms with Crippen LogP contribution >= 0.6 is 0 Å². The Kier molecular flexibility index (Phi) is 6.53. The molecule has 4 nitrogen and oxygen atoms in total. The van der Waals surface area contributed by atoms with Crippen molar-refractivity contribution in [3.05, 3.63) is 35.6 Å². The molecule has 3 rings (SSSR count). The second kappa shape index (κ2) is 8.70. The lowest BCUT2D eigenvalue weighted by atomic mass is 9.68. The lowest BCUT2D eigenvalue weighted by molar-refractivity contribution is -0.152. The summed E-state index contributed by atoms with van der Waals surface area (Å²) < 4.78 is 18.6. The summed E-state index contributed by atoms with van der Waals surface area (Å²) in [5, 5.41) is 0. The van der Waals surface area contributed by atoms with Crippen LogP contribution in [0.15, 0.2) is 24.3 Å². The zero-order valence-corrected chi connectivity index (χ0v) is 16.9. The van der Waals surface area contributed by atoms with Crippen LogP contribution in [0.1, 0.15) is 45.1 Å². The number of methoxy groups -OCH3 is 1. The first-order valence-corrected chi connectivity index (χ1v) is 10.2. The summed E-state index contributed by atoms with van der Waals surface area (Å²) in [4.78, 5) is 17.9. The Labute approximate surface area is 162 Å². The fourth-order valence-corrected chi connectivity index (χ4v) is 4.54. The van der Waals surface area contributed by atoms with Crippen molar-refractivity contribution in [1.82, 2.24) is 9.80 Å². The predicted octanol–water partition coefficient (Wildman–Crippen LogP) is 3.70. The number of benzene rings is 1. The number of rotatable bonds is 6. The van der Waals surface area contributed by atoms with Gasteiger partial charge in [0.1, 0.15) is 5.82 Å². The Bertz CT molecular complexity index is 628. The van der Waals surface area contributed by atoms with Gasteiger partial charge in [0.05, 0.1) is 12.0 Å². The van der Waals surface area contributed by atoms with E-state index in [1.165, 1.54) is 12.1 Å². The van der Waals surface area contributed by atoms with E-state index in [1.807, 2.05) is 12.1 Å². The summed E-state index contributed by atoms with van der Waals surface area (Å²) in [6, 6.07) is 7.09. The van der Waals surface area contributed by atoms with Crippen LogP contribution in [0.4, 0.5) is 4.39 Å². The van der Waals surface area contributed by atoms with Crippen LogP contribution in [0, 0.1) is 17.2 Å². The summed E-state index contributed by atoms with van der Waals surface area (Å²) in [6.07, 6.45) is 3.98. The molecule has 1 saturated heterocycles. The van der Waals surface area contributed by atoms with E-state index in [9.17, 15) is 9.18 Å². The van der Waals surface area contributed by atoms with Crippen molar-refractivity contribution in [1.29, 1.82) is 0 Å². The lowest BCUT2D eigenvalue weighted by Gasteiger charge is -2.44. The third-order valence-corrected chi connectivity index (χ3v) is 6.29. The zero-order valence-electron chi connectivity index (χ0n) is 16.9. The van der Waals surface area contributed by atoms with E-state index in [0.29, 0.717) is 18.6 Å². The number of carbonyl (C=O) groups excluding carboxylic acids is 1. The molecule has 150 valence electrons. The highest BCUT2D eigenvalue weighted by molar-refractivity contribution is 5.84. The van der Waals surface area contributed by atoms with Gasteiger partial charge in [-0.15, -0.1) is 0 Å². The fraction of sp³-hybridized carbons (Fsp3) is 0.682. The first kappa shape index (κ1) is 20.3. The van der Waals surface area contributed by atoms with Gasteiger partial charge >= 0.3 is 0 Å². The third kappa shape index (κ3) is 4.52. The van der Waals surface area contributed by atoms with Crippen LogP contribution in [-0.2, 0) is 16.1 Å². The SMILES string of the molecule is COCC1(C(=O)N2CCCN(Cc3ccc(F)cc3)[C@H](C(C)C)C2)CCC1. The Balaban J connectivity index is 1.72. The van der Waals surface area contributed by atoms with Crippen LogP contribution in [0.2, 0.25) is 0 Å². The van der Waals surface area contributed by atoms with E-state index in [1.54, 1.807) is 7.11 Å². The van der Waals surface area contributed by atoms with Gasteiger partial charge in [-0.1, -0.05) is 32.4 Å². The van der Waals surface area contributed by atoms with Crippen molar-refractivity contribution in [2.75, 3.05) is 33.4 Å². The van der Waals surface area contributed by atoms with Gasteiger partial charge in [0.15, 0.2) is 0 Å². The standard InChI is InChI=1S/C22H33FN2O2/c1-17(2)20-15-25(21(26)22(16-27-3)10-4-11-22)13-5-12-24(20)14-18-6-8-19(23)9-7-18/h6-9,17,20H,4-5,10-16H2,1-3H3/t20-/m0/s1. The largest absolute Gasteiger partial charge is 0.384 e. The van der Waals surface area contributed by atoms with Gasteiger partial charge in [-0.2, -0.15) is 0 Å². The summed E-state index contributed by atoms with van der Waals surface area (Å²) >= 11 is 0. The molecule has 0 aromatic heterocycles. The highest BCUT2D eigenvalue weighted by Gasteiger charge is 2.47. The minimum Gasteiger partial charge on any atom is -0.384 e. The van der Waals surface area contributed by atoms with Crippen LogP contribution in [0.25, 0.3) is 0 Å². The number of halogens is 1. The molecule has 1 aliphatic carbocycles. The van der Waals surface area contributed by atoms with Gasteiger partial charge in [-0.25, -0.2) is 4.39 Å². The second-order valence-electron chi connectivity index (χ2n) is 8.58. The van der Waals surface area contributed by atoms with Crippen molar-refractivity contribution in [2.45, 2.75) is 52.1 Å². The first-order valence-electron chi connectivity index (χ1n) is 10.2. The van der Waals surface area contributed by atoms with Gasteiger partial charge in [-0.05, 0) is 42.9 Å². The van der Waals surface area contributed by atoms with Crippen molar-refractivity contribution >= 4 is 5.91 Å². The molecule has 1 heterocycles. The van der Waals surface area contributed by atoms with Crippen LogP contribution in [0.5, 0.6) is 0 Å². The van der Waals surface area contributed by atoms with E-state index < -0.39 is 0 Å². The van der Waals surface area contributed by atoms with E-state index in [-0.39, 0.29) is 17.1 Å². The molecule has 27 heavy (non-hydrogen) atoms. The topological polar surface area (TPSA) is 32.8 Å². The Morgan fingerprint density at radius 1 is 1.22 bits per heavy atom. The molecular weight excluding hydrogens is 343 g/mol. The quantitative estimate of drug-likeness (QED) is 0.759. The van der Waals surface area contributed by atoms with Gasteiger partial charge in [0.25, 0.3) is 0 Å². The minimum atomic E-state index is -0.289. The van der Waals surface area contributed by atoms with E-state index >= 15 is 0 Å². The number of hydrogen-bond acceptors (Lipinski definition) is 3. The highest BCUT2D eigenvalue weighted by Crippen LogP contribution is 2.43. The van der Waals surface area contributed by atoms with E-state index in [0.717, 1.165) is 57.4 Å². The smallest absolute Gasteiger partial charge is 0.231 e. The summed E-state index contributed by atoms with van der Waals surface area (Å²) in [7, 11) is 1.69. The number of carbonyl (C=O) groups is 1. The number of ether oxygens (including phenoxy) is 1. The molecule has 1 aliphatic heterocycles. The summed E-state index contributed by atoms with van der Waals surface area (Å²) in [5.41, 5.74) is 0.833. The predicted molar refractivity (Wildman–Crippen MR) is 105 cm³/mol. The van der Waals surface area contributed by atoms with Crippen LogP contribution < -0.4 is 0 Å². The normalized spacial score (nSPS) is 23.1. The Morgan fingerprint density at radius 3 is 2.48 bits per heavy atom. The average molecular weight is 377 g/mol. The molecule has 2 aliphatic rings. The molecule has 0 radical (unpaired) electrons. The first-order chi connectivity index (χ1) is 12.9. The van der Waals surface area contributed by atoms with Crippen LogP contribution in [0.3, 0.4) is 0 Å². The number of amides is 1. The van der Waals surface area contributed by atoms with Crippen molar-refractivity contribution in [3.8, 4) is 0 Å². The van der Waals surface area contributed by atoms with Gasteiger partial charge < -0.3 is 9.64 Å². The molecule has 0 N–H and O–H groups in total. The molecule has 1 atom stereocenters. The third-order valence-electron chi connectivity index (χ3n) is 6.29. The molecule has 1 aromatic carbocycles. The maximum Gasteiger partial charge on any atom is 0.231 e. The van der Waals surface area contributed by atoms with Crippen molar-refractivity contribution in [3.63, 3.8) is 0 Å². The fourth-order valence-electron chi connectivity index (χ4n) is 4.54. The van der Waals surface area contributed by atoms with E-state index in [2.05, 4.69) is 23.6 Å². The molecule has 0 bridgehead atoms. The molecule has 0 spiro atoms. The van der Waals surface area contributed by atoms with Gasteiger partial charge in [0.2, 0.25) is 5.91 Å². The molecule has 1 saturated carbocycles. The molecule has 0 unspecified atom stereocenters. The maximum absolute atomic E-state index is 13.3.